The maximum Gasteiger partial charge on any atom is 0.305 e. The predicted molar refractivity (Wildman–Crippen MR) is 85.0 cm³/mol. The van der Waals surface area contributed by atoms with Crippen LogP contribution in [0.15, 0.2) is 29.2 Å². The number of thioether (sulfide) groups is 1. The molecular formula is C16H25NO2S. The first-order valence-electron chi connectivity index (χ1n) is 7.28. The van der Waals surface area contributed by atoms with Gasteiger partial charge in [-0.1, -0.05) is 18.6 Å². The van der Waals surface area contributed by atoms with E-state index in [1.54, 1.807) is 0 Å². The van der Waals surface area contributed by atoms with Gasteiger partial charge in [0.1, 0.15) is 0 Å². The van der Waals surface area contributed by atoms with E-state index in [0.29, 0.717) is 13.0 Å². The van der Waals surface area contributed by atoms with Crippen molar-refractivity contribution in [3.8, 4) is 0 Å². The van der Waals surface area contributed by atoms with Crippen molar-refractivity contribution in [1.82, 2.24) is 5.32 Å². The molecule has 0 aliphatic rings. The van der Waals surface area contributed by atoms with Gasteiger partial charge < -0.3 is 10.1 Å². The van der Waals surface area contributed by atoms with Gasteiger partial charge in [-0.2, -0.15) is 0 Å². The summed E-state index contributed by atoms with van der Waals surface area (Å²) in [5.41, 5.74) is 1.31. The molecule has 0 saturated heterocycles. The molecule has 0 saturated carbocycles. The van der Waals surface area contributed by atoms with Gasteiger partial charge in [0.05, 0.1) is 6.61 Å². The first kappa shape index (κ1) is 17.1. The number of nitrogens with one attached hydrogen (secondary N) is 1. The summed E-state index contributed by atoms with van der Waals surface area (Å²) in [6.07, 6.45) is 3.71. The minimum atomic E-state index is -0.0692. The van der Waals surface area contributed by atoms with Crippen LogP contribution in [-0.4, -0.2) is 25.4 Å². The number of esters is 1. The molecule has 0 fully saturated rings. The van der Waals surface area contributed by atoms with Crippen LogP contribution in [0, 0.1) is 0 Å². The molecule has 0 spiro atoms. The van der Waals surface area contributed by atoms with Gasteiger partial charge in [-0.25, -0.2) is 0 Å². The number of benzene rings is 1. The minimum Gasteiger partial charge on any atom is -0.466 e. The van der Waals surface area contributed by atoms with Gasteiger partial charge >= 0.3 is 5.97 Å². The molecule has 3 nitrogen and oxygen atoms in total. The van der Waals surface area contributed by atoms with E-state index in [4.69, 9.17) is 4.74 Å². The van der Waals surface area contributed by atoms with Gasteiger partial charge in [-0.05, 0) is 50.3 Å². The van der Waals surface area contributed by atoms with E-state index in [-0.39, 0.29) is 5.97 Å². The number of hydrogen-bond donors (Lipinski definition) is 1. The van der Waals surface area contributed by atoms with E-state index >= 15 is 0 Å². The molecule has 112 valence electrons. The number of carbonyl (C=O) groups excluding carboxylic acids is 1. The third kappa shape index (κ3) is 7.56. The highest BCUT2D eigenvalue weighted by molar-refractivity contribution is 7.99. The van der Waals surface area contributed by atoms with E-state index in [0.717, 1.165) is 31.6 Å². The lowest BCUT2D eigenvalue weighted by Gasteiger charge is -2.04. The van der Waals surface area contributed by atoms with Gasteiger partial charge in [-0.3, -0.25) is 4.79 Å². The molecule has 0 radical (unpaired) electrons. The molecule has 1 rings (SSSR count). The van der Waals surface area contributed by atoms with Gasteiger partial charge in [0.2, 0.25) is 0 Å². The topological polar surface area (TPSA) is 38.3 Å². The van der Waals surface area contributed by atoms with Gasteiger partial charge in [0.25, 0.3) is 0 Å². The summed E-state index contributed by atoms with van der Waals surface area (Å²) in [6, 6.07) is 8.69. The zero-order valence-corrected chi connectivity index (χ0v) is 13.3. The van der Waals surface area contributed by atoms with Crippen molar-refractivity contribution in [2.75, 3.05) is 19.4 Å². The molecule has 1 aromatic rings. The Bertz CT molecular complexity index is 379. The van der Waals surface area contributed by atoms with E-state index in [2.05, 4.69) is 29.6 Å². The Morgan fingerprint density at radius 2 is 1.95 bits per heavy atom. The van der Waals surface area contributed by atoms with Crippen LogP contribution in [0.5, 0.6) is 0 Å². The Hall–Kier alpha value is -1.00. The summed E-state index contributed by atoms with van der Waals surface area (Å²) < 4.78 is 4.90. The maximum absolute atomic E-state index is 11.1. The molecular weight excluding hydrogens is 270 g/mol. The van der Waals surface area contributed by atoms with Crippen LogP contribution in [0.2, 0.25) is 0 Å². The van der Waals surface area contributed by atoms with Crippen molar-refractivity contribution < 1.29 is 9.53 Å². The predicted octanol–water partition coefficient (Wildman–Crippen LogP) is 3.62. The molecule has 0 atom stereocenters. The number of hydrogen-bond acceptors (Lipinski definition) is 4. The fourth-order valence-corrected chi connectivity index (χ4v) is 2.79. The maximum atomic E-state index is 11.1. The SMILES string of the molecule is CCOC(=O)CCCCCSc1ccc(CNC)cc1. The second-order valence-electron chi connectivity index (χ2n) is 4.64. The second-order valence-corrected chi connectivity index (χ2v) is 5.81. The largest absolute Gasteiger partial charge is 0.466 e. The van der Waals surface area contributed by atoms with Crippen LogP contribution in [0.4, 0.5) is 0 Å². The van der Waals surface area contributed by atoms with Crippen LogP contribution in [0.25, 0.3) is 0 Å². The highest BCUT2D eigenvalue weighted by Gasteiger charge is 2.01. The first-order chi connectivity index (χ1) is 9.76. The lowest BCUT2D eigenvalue weighted by molar-refractivity contribution is -0.143. The lowest BCUT2D eigenvalue weighted by atomic mass is 10.2. The van der Waals surface area contributed by atoms with Gasteiger partial charge in [0, 0.05) is 17.9 Å². The van der Waals surface area contributed by atoms with E-state index < -0.39 is 0 Å². The molecule has 0 bridgehead atoms. The Kier molecular flexibility index (Phi) is 9.16. The summed E-state index contributed by atoms with van der Waals surface area (Å²) in [6.45, 7) is 3.24. The molecule has 1 N–H and O–H groups in total. The molecule has 1 aromatic carbocycles. The summed E-state index contributed by atoms with van der Waals surface area (Å²) in [5, 5.41) is 3.14. The third-order valence-electron chi connectivity index (χ3n) is 2.90. The van der Waals surface area contributed by atoms with Gasteiger partial charge in [-0.15, -0.1) is 11.8 Å². The van der Waals surface area contributed by atoms with E-state index in [1.165, 1.54) is 10.5 Å². The number of ether oxygens (including phenoxy) is 1. The zero-order valence-electron chi connectivity index (χ0n) is 12.5. The highest BCUT2D eigenvalue weighted by atomic mass is 32.2. The molecule has 20 heavy (non-hydrogen) atoms. The average molecular weight is 295 g/mol. The summed E-state index contributed by atoms with van der Waals surface area (Å²) >= 11 is 1.88. The number of rotatable bonds is 10. The number of unbranched alkanes of at least 4 members (excludes halogenated alkanes) is 2. The van der Waals surface area contributed by atoms with Crippen molar-refractivity contribution in [3.63, 3.8) is 0 Å². The van der Waals surface area contributed by atoms with Crippen LogP contribution < -0.4 is 5.32 Å². The highest BCUT2D eigenvalue weighted by Crippen LogP contribution is 2.20. The molecule has 0 aliphatic carbocycles. The van der Waals surface area contributed by atoms with Crippen molar-refractivity contribution >= 4 is 17.7 Å². The summed E-state index contributed by atoms with van der Waals surface area (Å²) in [5.74, 6) is 1.04. The first-order valence-corrected chi connectivity index (χ1v) is 8.26. The Labute approximate surface area is 126 Å². The van der Waals surface area contributed by atoms with E-state index in [1.807, 2.05) is 25.7 Å². The quantitative estimate of drug-likeness (QED) is 0.406. The standard InChI is InChI=1S/C16H25NO2S/c1-3-19-16(18)7-5-4-6-12-20-15-10-8-14(9-11-15)13-17-2/h8-11,17H,3-7,12-13H2,1-2H3. The van der Waals surface area contributed by atoms with Crippen molar-refractivity contribution in [2.24, 2.45) is 0 Å². The normalized spacial score (nSPS) is 10.5. The average Bonchev–Trinajstić information content (AvgIpc) is 2.45. The molecule has 4 heteroatoms. The van der Waals surface area contributed by atoms with Crippen LogP contribution in [-0.2, 0) is 16.1 Å². The minimum absolute atomic E-state index is 0.0692. The monoisotopic (exact) mass is 295 g/mol. The van der Waals surface area contributed by atoms with Gasteiger partial charge in [0.15, 0.2) is 0 Å². The van der Waals surface area contributed by atoms with E-state index in [9.17, 15) is 4.79 Å². The molecule has 0 amide bonds. The zero-order chi connectivity index (χ0) is 14.6. The fourth-order valence-electron chi connectivity index (χ4n) is 1.88. The molecule has 0 aliphatic heterocycles. The second kappa shape index (κ2) is 10.7. The van der Waals surface area contributed by atoms with Crippen molar-refractivity contribution in [3.05, 3.63) is 29.8 Å². The van der Waals surface area contributed by atoms with Crippen LogP contribution in [0.1, 0.15) is 38.2 Å². The molecule has 0 aromatic heterocycles. The fraction of sp³-hybridized carbons (Fsp3) is 0.562. The van der Waals surface area contributed by atoms with Crippen molar-refractivity contribution in [1.29, 1.82) is 0 Å². The van der Waals surface area contributed by atoms with Crippen molar-refractivity contribution in [2.45, 2.75) is 44.0 Å². The summed E-state index contributed by atoms with van der Waals surface area (Å²) in [7, 11) is 1.96. The van der Waals surface area contributed by atoms with Crippen LogP contribution >= 0.6 is 11.8 Å². The molecule has 0 unspecified atom stereocenters. The lowest BCUT2D eigenvalue weighted by Crippen LogP contribution is -2.04. The van der Waals surface area contributed by atoms with Crippen LogP contribution in [0.3, 0.4) is 0 Å². The Morgan fingerprint density at radius 1 is 1.20 bits per heavy atom. The smallest absolute Gasteiger partial charge is 0.305 e. The third-order valence-corrected chi connectivity index (χ3v) is 4.00. The Morgan fingerprint density at radius 3 is 2.60 bits per heavy atom. The molecule has 0 heterocycles. The number of carbonyl (C=O) groups is 1. The Balaban J connectivity index is 2.07. The summed E-state index contributed by atoms with van der Waals surface area (Å²) in [4.78, 5) is 12.5.